The summed E-state index contributed by atoms with van der Waals surface area (Å²) in [5.74, 6) is -0.544. The highest BCUT2D eigenvalue weighted by molar-refractivity contribution is 7.17. The number of hydrogen-bond acceptors (Lipinski definition) is 10. The molecule has 0 bridgehead atoms. The second-order valence-corrected chi connectivity index (χ2v) is 10.3. The molecule has 0 radical (unpaired) electrons. The molecule has 0 saturated carbocycles. The van der Waals surface area contributed by atoms with E-state index in [0.717, 1.165) is 0 Å². The fourth-order valence-corrected chi connectivity index (χ4v) is 5.26. The normalized spacial score (nSPS) is 13.9. The van der Waals surface area contributed by atoms with Gasteiger partial charge in [-0.2, -0.15) is 0 Å². The summed E-state index contributed by atoms with van der Waals surface area (Å²) in [7, 11) is 3.36. The van der Waals surface area contributed by atoms with E-state index < -0.39 is 5.97 Å². The van der Waals surface area contributed by atoms with Crippen LogP contribution in [-0.4, -0.2) is 72.2 Å². The van der Waals surface area contributed by atoms with Crippen LogP contribution in [0.4, 0.5) is 17.5 Å². The van der Waals surface area contributed by atoms with Gasteiger partial charge < -0.3 is 29.4 Å². The molecule has 3 aromatic heterocycles. The number of morpholine rings is 1. The molecular weight excluding hydrogens is 534 g/mol. The molecule has 1 saturated heterocycles. The summed E-state index contributed by atoms with van der Waals surface area (Å²) >= 11 is 1.22. The molecule has 0 aliphatic carbocycles. The molecule has 0 spiro atoms. The summed E-state index contributed by atoms with van der Waals surface area (Å²) in [6.45, 7) is 3.99. The Kier molecular flexibility index (Phi) is 7.63. The van der Waals surface area contributed by atoms with Crippen molar-refractivity contribution in [2.24, 2.45) is 0 Å². The van der Waals surface area contributed by atoms with Crippen LogP contribution in [0.25, 0.3) is 27.5 Å². The van der Waals surface area contributed by atoms with Crippen LogP contribution in [0.15, 0.2) is 56.8 Å². The maximum atomic E-state index is 12.8. The number of carboxylic acids is 1. The molecule has 1 fully saturated rings. The van der Waals surface area contributed by atoms with Crippen molar-refractivity contribution < 1.29 is 23.8 Å². The predicted molar refractivity (Wildman–Crippen MR) is 153 cm³/mol. The van der Waals surface area contributed by atoms with Crippen LogP contribution in [0.2, 0.25) is 0 Å². The molecular formula is C28H27N5O6S. The fourth-order valence-electron chi connectivity index (χ4n) is 4.36. The van der Waals surface area contributed by atoms with Crippen molar-refractivity contribution in [2.75, 3.05) is 50.6 Å². The maximum Gasteiger partial charge on any atom is 0.336 e. The minimum Gasteiger partial charge on any atom is -0.478 e. The van der Waals surface area contributed by atoms with E-state index in [1.54, 1.807) is 57.0 Å². The van der Waals surface area contributed by atoms with Gasteiger partial charge in [-0.05, 0) is 25.1 Å². The highest BCUT2D eigenvalue weighted by Crippen LogP contribution is 2.37. The van der Waals surface area contributed by atoms with Crippen molar-refractivity contribution in [3.63, 3.8) is 0 Å². The van der Waals surface area contributed by atoms with E-state index in [9.17, 15) is 19.5 Å². The monoisotopic (exact) mass is 561 g/mol. The first-order chi connectivity index (χ1) is 19.2. The summed E-state index contributed by atoms with van der Waals surface area (Å²) in [6.07, 6.45) is 4.83. The molecule has 1 amide bonds. The number of nitrogens with one attached hydrogen (secondary N) is 1. The summed E-state index contributed by atoms with van der Waals surface area (Å²) in [5.41, 5.74) is 2.84. The minimum atomic E-state index is -1.13. The third kappa shape index (κ3) is 5.58. The van der Waals surface area contributed by atoms with Gasteiger partial charge in [0.25, 0.3) is 0 Å². The van der Waals surface area contributed by atoms with Crippen LogP contribution < -0.4 is 15.6 Å². The first-order valence-electron chi connectivity index (χ1n) is 12.5. The van der Waals surface area contributed by atoms with E-state index in [1.165, 1.54) is 28.4 Å². The number of ether oxygens (including phenoxy) is 1. The largest absolute Gasteiger partial charge is 0.478 e. The minimum absolute atomic E-state index is 0.0292. The van der Waals surface area contributed by atoms with Gasteiger partial charge in [-0.3, -0.25) is 9.59 Å². The SMILES string of the molecule is C/C(=C\c1cnc(Nc2ccc(-c3csc4c(=O)cc(N5CCOCC5)oc34)c(C(=O)O)c2)nc1)C(=O)N(C)C. The first kappa shape index (κ1) is 27.0. The Morgan fingerprint density at radius 1 is 1.12 bits per heavy atom. The number of anilines is 3. The van der Waals surface area contributed by atoms with Gasteiger partial charge in [-0.25, -0.2) is 14.8 Å². The van der Waals surface area contributed by atoms with Crippen LogP contribution in [0.5, 0.6) is 0 Å². The van der Waals surface area contributed by atoms with E-state index in [-0.39, 0.29) is 22.8 Å². The third-order valence-electron chi connectivity index (χ3n) is 6.35. The zero-order valence-electron chi connectivity index (χ0n) is 22.1. The molecule has 5 rings (SSSR count). The number of thiophene rings is 1. The maximum absolute atomic E-state index is 12.8. The topological polar surface area (TPSA) is 138 Å². The summed E-state index contributed by atoms with van der Waals surface area (Å²) < 4.78 is 12.0. The molecule has 1 aliphatic rings. The lowest BCUT2D eigenvalue weighted by atomic mass is 10.0. The predicted octanol–water partition coefficient (Wildman–Crippen LogP) is 4.08. The molecule has 0 unspecified atom stereocenters. The van der Waals surface area contributed by atoms with Crippen molar-refractivity contribution in [2.45, 2.75) is 6.92 Å². The summed E-state index contributed by atoms with van der Waals surface area (Å²) in [4.78, 5) is 49.2. The average Bonchev–Trinajstić information content (AvgIpc) is 3.38. The van der Waals surface area contributed by atoms with Crippen LogP contribution in [0, 0.1) is 0 Å². The molecule has 40 heavy (non-hydrogen) atoms. The van der Waals surface area contributed by atoms with Gasteiger partial charge in [0, 0.05) is 79.0 Å². The van der Waals surface area contributed by atoms with Crippen LogP contribution >= 0.6 is 11.3 Å². The molecule has 0 atom stereocenters. The van der Waals surface area contributed by atoms with Crippen molar-refractivity contribution in [3.8, 4) is 11.1 Å². The standard InChI is InChI=1S/C28H27N5O6S/c1-16(26(35)32(2)3)10-17-13-29-28(30-14-17)31-18-4-5-19(20(11-18)27(36)37)21-15-40-25-22(34)12-23(39-24(21)25)33-6-8-38-9-7-33/h4-5,10-15H,6-9H2,1-3H3,(H,36,37)(H,29,30,31)/b16-10+. The Labute approximate surface area is 233 Å². The number of fused-ring (bicyclic) bond motifs is 1. The summed E-state index contributed by atoms with van der Waals surface area (Å²) in [6, 6.07) is 6.35. The van der Waals surface area contributed by atoms with E-state index >= 15 is 0 Å². The Morgan fingerprint density at radius 3 is 2.52 bits per heavy atom. The smallest absolute Gasteiger partial charge is 0.336 e. The number of hydrogen-bond donors (Lipinski definition) is 2. The highest BCUT2D eigenvalue weighted by Gasteiger charge is 2.22. The number of likely N-dealkylation sites (N-methyl/N-ethyl adjacent to an activating group) is 1. The van der Waals surface area contributed by atoms with Crippen molar-refractivity contribution in [1.29, 1.82) is 0 Å². The van der Waals surface area contributed by atoms with Crippen molar-refractivity contribution in [1.82, 2.24) is 14.9 Å². The Hall–Kier alpha value is -4.55. The molecule has 4 aromatic rings. The van der Waals surface area contributed by atoms with Gasteiger partial charge in [0.15, 0.2) is 11.5 Å². The number of amides is 1. The lowest BCUT2D eigenvalue weighted by molar-refractivity contribution is -0.124. The lowest BCUT2D eigenvalue weighted by Crippen LogP contribution is -2.36. The molecule has 206 valence electrons. The first-order valence-corrected chi connectivity index (χ1v) is 13.3. The number of rotatable bonds is 7. The van der Waals surface area contributed by atoms with Crippen LogP contribution in [0.1, 0.15) is 22.8 Å². The molecule has 1 aliphatic heterocycles. The summed E-state index contributed by atoms with van der Waals surface area (Å²) in [5, 5.41) is 14.8. The van der Waals surface area contributed by atoms with Gasteiger partial charge in [-0.1, -0.05) is 6.07 Å². The van der Waals surface area contributed by atoms with E-state index in [2.05, 4.69) is 15.3 Å². The zero-order chi connectivity index (χ0) is 28.4. The fraction of sp³-hybridized carbons (Fsp3) is 0.250. The molecule has 12 heteroatoms. The van der Waals surface area contributed by atoms with E-state index in [1.807, 2.05) is 4.90 Å². The van der Waals surface area contributed by atoms with Gasteiger partial charge in [-0.15, -0.1) is 11.3 Å². The Bertz CT molecular complexity index is 1670. The van der Waals surface area contributed by atoms with Gasteiger partial charge in [0.2, 0.25) is 17.3 Å². The quantitative estimate of drug-likeness (QED) is 0.317. The number of aromatic carboxylic acids is 1. The van der Waals surface area contributed by atoms with Crippen LogP contribution in [-0.2, 0) is 9.53 Å². The van der Waals surface area contributed by atoms with Crippen molar-refractivity contribution in [3.05, 3.63) is 69.0 Å². The van der Waals surface area contributed by atoms with Gasteiger partial charge in [0.1, 0.15) is 4.70 Å². The number of aromatic nitrogens is 2. The van der Waals surface area contributed by atoms with Crippen molar-refractivity contribution >= 4 is 57.1 Å². The number of benzene rings is 1. The third-order valence-corrected chi connectivity index (χ3v) is 7.32. The van der Waals surface area contributed by atoms with E-state index in [4.69, 9.17) is 9.15 Å². The lowest BCUT2D eigenvalue weighted by Gasteiger charge is -2.27. The van der Waals surface area contributed by atoms with Gasteiger partial charge in [0.05, 0.1) is 18.8 Å². The molecule has 2 N–H and O–H groups in total. The molecule has 11 nitrogen and oxygen atoms in total. The molecule has 4 heterocycles. The average molecular weight is 562 g/mol. The zero-order valence-corrected chi connectivity index (χ0v) is 22.9. The second-order valence-electron chi connectivity index (χ2n) is 9.41. The van der Waals surface area contributed by atoms with Crippen LogP contribution in [0.3, 0.4) is 0 Å². The van der Waals surface area contributed by atoms with E-state index in [0.29, 0.717) is 70.4 Å². The number of nitrogens with zero attached hydrogens (tertiary/aromatic N) is 4. The highest BCUT2D eigenvalue weighted by atomic mass is 32.1. The Morgan fingerprint density at radius 2 is 1.85 bits per heavy atom. The number of carbonyl (C=O) groups excluding carboxylic acids is 1. The molecule has 1 aromatic carbocycles. The second kappa shape index (κ2) is 11.3. The number of carboxylic acid groups (broad SMARTS) is 1. The van der Waals surface area contributed by atoms with Gasteiger partial charge >= 0.3 is 5.97 Å². The Balaban J connectivity index is 1.44. The number of carbonyl (C=O) groups is 2.